The maximum Gasteiger partial charge on any atom is 0.229 e. The number of rotatable bonds is 5. The van der Waals surface area contributed by atoms with Crippen molar-refractivity contribution in [1.29, 1.82) is 0 Å². The minimum Gasteiger partial charge on any atom is -0.354 e. The molecule has 0 bridgehead atoms. The van der Waals surface area contributed by atoms with Gasteiger partial charge in [0.1, 0.15) is 5.02 Å². The second kappa shape index (κ2) is 6.95. The van der Waals surface area contributed by atoms with E-state index in [1.165, 1.54) is 5.56 Å². The van der Waals surface area contributed by atoms with Crippen molar-refractivity contribution < 1.29 is 0 Å². The lowest BCUT2D eigenvalue weighted by Crippen LogP contribution is -2.34. The molecule has 30 heavy (non-hydrogen) atoms. The van der Waals surface area contributed by atoms with Crippen LogP contribution in [0, 0.1) is 10.8 Å². The Labute approximate surface area is 180 Å². The topological polar surface area (TPSA) is 90.8 Å². The zero-order chi connectivity index (χ0) is 20.9. The largest absolute Gasteiger partial charge is 0.354 e. The first kappa shape index (κ1) is 19.3. The highest BCUT2D eigenvalue weighted by Gasteiger charge is 2.57. The molecular formula is C20H26ClN9. The van der Waals surface area contributed by atoms with E-state index in [0.29, 0.717) is 11.0 Å². The van der Waals surface area contributed by atoms with Crippen LogP contribution in [0.3, 0.4) is 0 Å². The molecule has 2 saturated heterocycles. The zero-order valence-electron chi connectivity index (χ0n) is 17.4. The van der Waals surface area contributed by atoms with Gasteiger partial charge in [-0.2, -0.15) is 15.2 Å². The van der Waals surface area contributed by atoms with Crippen molar-refractivity contribution in [2.45, 2.75) is 20.4 Å². The lowest BCUT2D eigenvalue weighted by molar-refractivity contribution is 0.212. The number of hydrogen-bond donors (Lipinski definition) is 2. The number of nitrogens with one attached hydrogen (secondary N) is 2. The second-order valence-electron chi connectivity index (χ2n) is 9.12. The first-order valence-electron chi connectivity index (χ1n) is 10.1. The lowest BCUT2D eigenvalue weighted by atomic mass is 9.71. The van der Waals surface area contributed by atoms with Gasteiger partial charge in [-0.05, 0) is 0 Å². The van der Waals surface area contributed by atoms with Crippen LogP contribution in [-0.4, -0.2) is 61.0 Å². The number of aryl methyl sites for hydroxylation is 1. The van der Waals surface area contributed by atoms with Crippen LogP contribution in [-0.2, 0) is 13.6 Å². The van der Waals surface area contributed by atoms with Crippen LogP contribution < -0.4 is 10.2 Å². The van der Waals surface area contributed by atoms with E-state index in [2.05, 4.69) is 49.2 Å². The standard InChI is InChI=1S/C20H26ClN9/c1-19-10-29(8-14-4-23-24-5-14)11-20(19,2)13-30(12-19)17-16(21)7-22-18(27-17)26-15-6-25-28(3)9-15/h4-7,9H,8,10-13H2,1-3H3,(H,23,24)(H,22,26,27)/t19-,20+. The fraction of sp³-hybridized carbons (Fsp3) is 0.500. The Morgan fingerprint density at radius 3 is 2.53 bits per heavy atom. The van der Waals surface area contributed by atoms with Gasteiger partial charge in [0.05, 0.1) is 24.3 Å². The normalized spacial score (nSPS) is 26.3. The van der Waals surface area contributed by atoms with Crippen LogP contribution in [0.25, 0.3) is 0 Å². The molecule has 2 fully saturated rings. The maximum absolute atomic E-state index is 6.52. The molecule has 5 heterocycles. The quantitative estimate of drug-likeness (QED) is 0.646. The Balaban J connectivity index is 1.34. The fourth-order valence-corrected chi connectivity index (χ4v) is 5.15. The number of likely N-dealkylation sites (tertiary alicyclic amines) is 1. The third-order valence-corrected chi connectivity index (χ3v) is 6.90. The summed E-state index contributed by atoms with van der Waals surface area (Å²) in [6.45, 7) is 9.58. The third kappa shape index (κ3) is 3.31. The molecule has 3 aromatic heterocycles. The van der Waals surface area contributed by atoms with Gasteiger partial charge in [0.15, 0.2) is 5.82 Å². The molecule has 3 aromatic rings. The highest BCUT2D eigenvalue weighted by Crippen LogP contribution is 2.53. The molecular weight excluding hydrogens is 402 g/mol. The monoisotopic (exact) mass is 427 g/mol. The van der Waals surface area contributed by atoms with E-state index in [-0.39, 0.29) is 10.8 Å². The van der Waals surface area contributed by atoms with Crippen LogP contribution >= 0.6 is 11.6 Å². The molecule has 0 unspecified atom stereocenters. The Morgan fingerprint density at radius 2 is 1.90 bits per heavy atom. The molecule has 0 amide bonds. The van der Waals surface area contributed by atoms with Crippen molar-refractivity contribution in [3.8, 4) is 0 Å². The highest BCUT2D eigenvalue weighted by atomic mass is 35.5. The molecule has 2 aliphatic heterocycles. The molecule has 0 saturated carbocycles. The Morgan fingerprint density at radius 1 is 1.13 bits per heavy atom. The van der Waals surface area contributed by atoms with E-state index < -0.39 is 0 Å². The van der Waals surface area contributed by atoms with E-state index in [1.54, 1.807) is 17.1 Å². The fourth-order valence-electron chi connectivity index (χ4n) is 4.94. The summed E-state index contributed by atoms with van der Waals surface area (Å²) in [5.41, 5.74) is 2.38. The van der Waals surface area contributed by atoms with Gasteiger partial charge < -0.3 is 10.2 Å². The summed E-state index contributed by atoms with van der Waals surface area (Å²) >= 11 is 6.52. The molecule has 2 aliphatic rings. The number of halogens is 1. The Kier molecular flexibility index (Phi) is 4.48. The Bertz CT molecular complexity index is 1030. The first-order chi connectivity index (χ1) is 14.3. The predicted molar refractivity (Wildman–Crippen MR) is 116 cm³/mol. The van der Waals surface area contributed by atoms with Crippen molar-refractivity contribution in [1.82, 2.24) is 34.8 Å². The Hall–Kier alpha value is -2.65. The summed E-state index contributed by atoms with van der Waals surface area (Å²) < 4.78 is 1.73. The average molecular weight is 428 g/mol. The molecule has 0 radical (unpaired) electrons. The molecule has 9 nitrogen and oxygen atoms in total. The van der Waals surface area contributed by atoms with E-state index in [1.807, 2.05) is 25.6 Å². The summed E-state index contributed by atoms with van der Waals surface area (Å²) in [7, 11) is 1.87. The second-order valence-corrected chi connectivity index (χ2v) is 9.53. The van der Waals surface area contributed by atoms with Crippen molar-refractivity contribution in [3.05, 3.63) is 41.6 Å². The molecule has 10 heteroatoms. The van der Waals surface area contributed by atoms with Crippen molar-refractivity contribution in [2.75, 3.05) is 36.4 Å². The number of hydrogen-bond acceptors (Lipinski definition) is 7. The summed E-state index contributed by atoms with van der Waals surface area (Å²) in [6.07, 6.45) is 9.18. The average Bonchev–Trinajstić information content (AvgIpc) is 3.41. The molecule has 0 aromatic carbocycles. The van der Waals surface area contributed by atoms with E-state index in [4.69, 9.17) is 16.6 Å². The third-order valence-electron chi connectivity index (χ3n) is 6.63. The number of nitrogens with zero attached hydrogens (tertiary/aromatic N) is 7. The van der Waals surface area contributed by atoms with Gasteiger partial charge in [0.2, 0.25) is 5.95 Å². The van der Waals surface area contributed by atoms with Gasteiger partial charge in [0.25, 0.3) is 0 Å². The smallest absolute Gasteiger partial charge is 0.229 e. The zero-order valence-corrected chi connectivity index (χ0v) is 18.2. The van der Waals surface area contributed by atoms with Crippen LogP contribution in [0.2, 0.25) is 5.02 Å². The minimum absolute atomic E-state index is 0.155. The summed E-state index contributed by atoms with van der Waals surface area (Å²) in [6, 6.07) is 0. The predicted octanol–water partition coefficient (Wildman–Crippen LogP) is 2.68. The van der Waals surface area contributed by atoms with Crippen LogP contribution in [0.5, 0.6) is 0 Å². The van der Waals surface area contributed by atoms with Gasteiger partial charge in [-0.1, -0.05) is 25.4 Å². The van der Waals surface area contributed by atoms with E-state index in [0.717, 1.165) is 44.2 Å². The molecule has 2 N–H and O–H groups in total. The van der Waals surface area contributed by atoms with Gasteiger partial charge in [-0.3, -0.25) is 14.7 Å². The van der Waals surface area contributed by atoms with Gasteiger partial charge >= 0.3 is 0 Å². The van der Waals surface area contributed by atoms with Crippen LogP contribution in [0.1, 0.15) is 19.4 Å². The van der Waals surface area contributed by atoms with Crippen LogP contribution in [0.4, 0.5) is 17.5 Å². The number of anilines is 3. The maximum atomic E-state index is 6.52. The first-order valence-corrected chi connectivity index (χ1v) is 10.4. The number of aromatic nitrogens is 6. The molecule has 0 spiro atoms. The van der Waals surface area contributed by atoms with Gasteiger partial charge in [-0.15, -0.1) is 0 Å². The van der Waals surface area contributed by atoms with Crippen molar-refractivity contribution >= 4 is 29.1 Å². The summed E-state index contributed by atoms with van der Waals surface area (Å²) in [4.78, 5) is 13.9. The van der Waals surface area contributed by atoms with Gasteiger partial charge in [0, 0.05) is 68.6 Å². The summed E-state index contributed by atoms with van der Waals surface area (Å²) in [5, 5.41) is 14.9. The number of aromatic amines is 1. The molecule has 158 valence electrons. The van der Waals surface area contributed by atoms with E-state index >= 15 is 0 Å². The highest BCUT2D eigenvalue weighted by molar-refractivity contribution is 6.32. The molecule has 5 rings (SSSR count). The number of fused-ring (bicyclic) bond motifs is 1. The molecule has 2 atom stereocenters. The minimum atomic E-state index is 0.155. The molecule has 0 aliphatic carbocycles. The van der Waals surface area contributed by atoms with Crippen molar-refractivity contribution in [3.63, 3.8) is 0 Å². The van der Waals surface area contributed by atoms with Gasteiger partial charge in [-0.25, -0.2) is 4.98 Å². The SMILES string of the molecule is Cn1cc(Nc2ncc(Cl)c(N3C[C@]4(C)CN(Cc5cn[nH]c5)C[C@]4(C)C3)n2)cn1. The van der Waals surface area contributed by atoms with Crippen LogP contribution in [0.15, 0.2) is 31.0 Å². The summed E-state index contributed by atoms with van der Waals surface area (Å²) in [5.74, 6) is 1.31. The lowest BCUT2D eigenvalue weighted by Gasteiger charge is -2.30. The van der Waals surface area contributed by atoms with Crippen molar-refractivity contribution in [2.24, 2.45) is 17.9 Å². The number of H-pyrrole nitrogens is 1. The van der Waals surface area contributed by atoms with E-state index in [9.17, 15) is 0 Å².